The van der Waals surface area contributed by atoms with Crippen LogP contribution in [0, 0.1) is 11.3 Å². The van der Waals surface area contributed by atoms with Crippen molar-refractivity contribution in [3.63, 3.8) is 0 Å². The van der Waals surface area contributed by atoms with Crippen LogP contribution in [0.2, 0.25) is 5.02 Å². The van der Waals surface area contributed by atoms with Gasteiger partial charge in [-0.3, -0.25) is 0 Å². The first-order valence-electron chi connectivity index (χ1n) is 6.33. The van der Waals surface area contributed by atoms with Crippen molar-refractivity contribution in [2.24, 2.45) is 11.3 Å². The van der Waals surface area contributed by atoms with E-state index in [1.807, 2.05) is 12.1 Å². The van der Waals surface area contributed by atoms with Crippen LogP contribution in [0.3, 0.4) is 0 Å². The van der Waals surface area contributed by atoms with Crippen molar-refractivity contribution in [3.8, 4) is 5.75 Å². The van der Waals surface area contributed by atoms with Crippen LogP contribution in [-0.2, 0) is 0 Å². The van der Waals surface area contributed by atoms with E-state index in [-0.39, 0.29) is 10.2 Å². The van der Waals surface area contributed by atoms with Gasteiger partial charge in [-0.15, -0.1) is 0 Å². The lowest BCUT2D eigenvalue weighted by atomic mass is 9.79. The predicted molar refractivity (Wildman–Crippen MR) is 90.6 cm³/mol. The Morgan fingerprint density at radius 2 is 1.89 bits per heavy atom. The maximum Gasteiger partial charge on any atom is 0.137 e. The zero-order chi connectivity index (χ0) is 14.8. The highest BCUT2D eigenvalue weighted by Crippen LogP contribution is 2.44. The van der Waals surface area contributed by atoms with E-state index in [2.05, 4.69) is 59.6 Å². The monoisotopic (exact) mass is 410 g/mol. The summed E-state index contributed by atoms with van der Waals surface area (Å²) in [5.74, 6) is 1.44. The summed E-state index contributed by atoms with van der Waals surface area (Å²) in [6.45, 7) is 9.08. The van der Waals surface area contributed by atoms with Gasteiger partial charge in [0.15, 0.2) is 0 Å². The highest BCUT2D eigenvalue weighted by molar-refractivity contribution is 9.10. The molecule has 19 heavy (non-hydrogen) atoms. The molecule has 0 spiro atoms. The van der Waals surface area contributed by atoms with Crippen LogP contribution in [-0.4, -0.2) is 7.11 Å². The van der Waals surface area contributed by atoms with Crippen molar-refractivity contribution in [2.75, 3.05) is 7.11 Å². The summed E-state index contributed by atoms with van der Waals surface area (Å²) < 4.78 is 6.38. The van der Waals surface area contributed by atoms with Crippen molar-refractivity contribution in [1.82, 2.24) is 0 Å². The minimum atomic E-state index is 0.228. The lowest BCUT2D eigenvalue weighted by Gasteiger charge is -2.29. The normalized spacial score (nSPS) is 15.2. The second-order valence-electron chi connectivity index (χ2n) is 5.98. The van der Waals surface area contributed by atoms with Gasteiger partial charge in [-0.25, -0.2) is 0 Å². The average molecular weight is 413 g/mol. The van der Waals surface area contributed by atoms with Gasteiger partial charge in [0.25, 0.3) is 0 Å². The molecule has 108 valence electrons. The molecule has 2 atom stereocenters. The van der Waals surface area contributed by atoms with Crippen LogP contribution in [0.15, 0.2) is 16.6 Å². The molecule has 0 aliphatic rings. The smallest absolute Gasteiger partial charge is 0.137 e. The average Bonchev–Trinajstić information content (AvgIpc) is 2.26. The fourth-order valence-electron chi connectivity index (χ4n) is 1.82. The van der Waals surface area contributed by atoms with Gasteiger partial charge in [0, 0.05) is 15.4 Å². The summed E-state index contributed by atoms with van der Waals surface area (Å²) in [5.41, 5.74) is 1.38. The Morgan fingerprint density at radius 3 is 2.37 bits per heavy atom. The molecule has 0 aromatic heterocycles. The van der Waals surface area contributed by atoms with E-state index in [0.29, 0.717) is 5.92 Å². The second-order valence-corrected chi connectivity index (χ2v) is 8.38. The first-order valence-corrected chi connectivity index (χ1v) is 8.42. The van der Waals surface area contributed by atoms with Gasteiger partial charge >= 0.3 is 0 Å². The number of rotatable bonds is 4. The lowest BCUT2D eigenvalue weighted by molar-refractivity contribution is 0.246. The summed E-state index contributed by atoms with van der Waals surface area (Å²) in [5, 5.41) is 0.718. The van der Waals surface area contributed by atoms with Crippen LogP contribution in [0.25, 0.3) is 0 Å². The van der Waals surface area contributed by atoms with E-state index in [4.69, 9.17) is 16.3 Å². The molecule has 4 heteroatoms. The van der Waals surface area contributed by atoms with Gasteiger partial charge in [0.05, 0.1) is 11.6 Å². The van der Waals surface area contributed by atoms with Crippen molar-refractivity contribution >= 4 is 43.5 Å². The van der Waals surface area contributed by atoms with Gasteiger partial charge < -0.3 is 4.74 Å². The molecule has 1 aromatic rings. The Hall–Kier alpha value is 0.270. The predicted octanol–water partition coefficient (Wildman–Crippen LogP) is 6.62. The van der Waals surface area contributed by atoms with Gasteiger partial charge in [-0.1, -0.05) is 55.2 Å². The molecule has 0 heterocycles. The third kappa shape index (κ3) is 4.64. The Balaban J connectivity index is 3.02. The summed E-state index contributed by atoms with van der Waals surface area (Å²) in [4.78, 5) is 0.228. The van der Waals surface area contributed by atoms with Crippen LogP contribution in [0.1, 0.15) is 44.5 Å². The fourth-order valence-corrected chi connectivity index (χ4v) is 3.72. The minimum absolute atomic E-state index is 0.228. The molecule has 0 saturated heterocycles. The van der Waals surface area contributed by atoms with Crippen molar-refractivity contribution < 1.29 is 4.74 Å². The Morgan fingerprint density at radius 1 is 1.32 bits per heavy atom. The van der Waals surface area contributed by atoms with Crippen molar-refractivity contribution in [3.05, 3.63) is 27.2 Å². The van der Waals surface area contributed by atoms with Crippen LogP contribution in [0.4, 0.5) is 0 Å². The number of hydrogen-bond acceptors (Lipinski definition) is 1. The highest BCUT2D eigenvalue weighted by atomic mass is 79.9. The van der Waals surface area contributed by atoms with E-state index < -0.39 is 0 Å². The summed E-state index contributed by atoms with van der Waals surface area (Å²) in [7, 11) is 1.68. The van der Waals surface area contributed by atoms with Gasteiger partial charge in [-0.05, 0) is 45.8 Å². The molecule has 0 saturated carbocycles. The molecule has 0 amide bonds. The maximum absolute atomic E-state index is 6.14. The van der Waals surface area contributed by atoms with E-state index in [9.17, 15) is 0 Å². The molecule has 0 aliphatic heterocycles. The molecule has 1 aromatic carbocycles. The molecule has 0 radical (unpaired) electrons. The van der Waals surface area contributed by atoms with E-state index in [1.54, 1.807) is 7.11 Å². The molecular weight excluding hydrogens is 391 g/mol. The van der Waals surface area contributed by atoms with Crippen molar-refractivity contribution in [1.29, 1.82) is 0 Å². The number of benzene rings is 1. The van der Waals surface area contributed by atoms with E-state index in [1.165, 1.54) is 0 Å². The Bertz CT molecular complexity index is 441. The van der Waals surface area contributed by atoms with Crippen LogP contribution >= 0.6 is 43.5 Å². The summed E-state index contributed by atoms with van der Waals surface area (Å²) in [6, 6.07) is 3.83. The molecule has 0 N–H and O–H groups in total. The number of alkyl halides is 1. The topological polar surface area (TPSA) is 9.23 Å². The molecule has 0 bridgehead atoms. The molecule has 0 fully saturated rings. The fraction of sp³-hybridized carbons (Fsp3) is 0.600. The molecule has 1 rings (SSSR count). The third-order valence-electron chi connectivity index (χ3n) is 3.62. The number of ether oxygens (including phenoxy) is 1. The zero-order valence-electron chi connectivity index (χ0n) is 12.1. The number of methoxy groups -OCH3 is 1. The van der Waals surface area contributed by atoms with Crippen LogP contribution in [0.5, 0.6) is 5.75 Å². The van der Waals surface area contributed by atoms with Crippen molar-refractivity contribution in [2.45, 2.75) is 38.9 Å². The Kier molecular flexibility index (Phi) is 6.22. The quantitative estimate of drug-likeness (QED) is 0.505. The highest BCUT2D eigenvalue weighted by Gasteiger charge is 2.25. The van der Waals surface area contributed by atoms with E-state index in [0.717, 1.165) is 27.2 Å². The largest absolute Gasteiger partial charge is 0.495 e. The molecular formula is C15H21Br2ClO. The standard InChI is InChI=1S/C15H21Br2ClO/c1-9(15(2,3)4)6-12(16)11-7-10(18)8-13(17)14(11)19-5/h7-9,12H,6H2,1-5H3. The number of hydrogen-bond donors (Lipinski definition) is 0. The van der Waals surface area contributed by atoms with Gasteiger partial charge in [-0.2, -0.15) is 0 Å². The molecule has 0 aliphatic carbocycles. The number of halogens is 3. The Labute approximate surface area is 138 Å². The zero-order valence-corrected chi connectivity index (χ0v) is 16.0. The molecule has 1 nitrogen and oxygen atoms in total. The first-order chi connectivity index (χ1) is 8.66. The summed E-state index contributed by atoms with van der Waals surface area (Å²) in [6.07, 6.45) is 1.03. The van der Waals surface area contributed by atoms with Gasteiger partial charge in [0.1, 0.15) is 5.75 Å². The second kappa shape index (κ2) is 6.82. The van der Waals surface area contributed by atoms with Crippen LogP contribution < -0.4 is 4.74 Å². The van der Waals surface area contributed by atoms with E-state index >= 15 is 0 Å². The summed E-state index contributed by atoms with van der Waals surface area (Å²) >= 11 is 13.4. The third-order valence-corrected chi connectivity index (χ3v) is 5.29. The molecule has 2 unspecified atom stereocenters. The lowest BCUT2D eigenvalue weighted by Crippen LogP contribution is -2.18. The SMILES string of the molecule is COc1c(Br)cc(Cl)cc1C(Br)CC(C)C(C)(C)C. The minimum Gasteiger partial charge on any atom is -0.495 e. The first kappa shape index (κ1) is 17.3. The van der Waals surface area contributed by atoms with Gasteiger partial charge in [0.2, 0.25) is 0 Å². The maximum atomic E-state index is 6.14.